The lowest BCUT2D eigenvalue weighted by Crippen LogP contribution is -2.00. The lowest BCUT2D eigenvalue weighted by molar-refractivity contribution is -0.140. The smallest absolute Gasteiger partial charge is 0.305 e. The van der Waals surface area contributed by atoms with Crippen LogP contribution in [0.4, 0.5) is 0 Å². The van der Waals surface area contributed by atoms with Gasteiger partial charge in [0.2, 0.25) is 0 Å². The zero-order valence-corrected chi connectivity index (χ0v) is 14.8. The zero-order chi connectivity index (χ0) is 16.5. The maximum atomic E-state index is 11.7. The van der Waals surface area contributed by atoms with E-state index in [0.29, 0.717) is 18.6 Å². The fraction of sp³-hybridized carbons (Fsp3) is 0.895. The lowest BCUT2D eigenvalue weighted by Gasteiger charge is -2.03. The van der Waals surface area contributed by atoms with Crippen LogP contribution in [0.3, 0.4) is 0 Å². The molecule has 0 aliphatic carbocycles. The van der Waals surface area contributed by atoms with E-state index in [9.17, 15) is 9.59 Å². The molecular weight excluding hydrogens is 276 g/mol. The van der Waals surface area contributed by atoms with Crippen LogP contribution in [0.1, 0.15) is 103 Å². The average Bonchev–Trinajstić information content (AvgIpc) is 2.52. The normalized spacial score (nSPS) is 10.6. The molecule has 0 aromatic carbocycles. The van der Waals surface area contributed by atoms with Crippen molar-refractivity contribution >= 4 is 11.8 Å². The van der Waals surface area contributed by atoms with Gasteiger partial charge in [-0.2, -0.15) is 0 Å². The van der Waals surface area contributed by atoms with Crippen LogP contribution < -0.4 is 0 Å². The van der Waals surface area contributed by atoms with Gasteiger partial charge < -0.3 is 4.74 Å². The molecule has 0 heterocycles. The molecule has 0 fully saturated rings. The minimum Gasteiger partial charge on any atom is -0.469 e. The van der Waals surface area contributed by atoms with Gasteiger partial charge in [-0.05, 0) is 19.3 Å². The molecule has 0 unspecified atom stereocenters. The van der Waals surface area contributed by atoms with E-state index < -0.39 is 0 Å². The first-order valence-electron chi connectivity index (χ1n) is 9.29. The molecule has 0 aliphatic rings. The number of methoxy groups -OCH3 is 1. The minimum absolute atomic E-state index is 0.134. The molecule has 0 atom stereocenters. The van der Waals surface area contributed by atoms with Crippen LogP contribution in [0, 0.1) is 0 Å². The van der Waals surface area contributed by atoms with Crippen molar-refractivity contribution in [3.8, 4) is 0 Å². The summed E-state index contributed by atoms with van der Waals surface area (Å²) >= 11 is 0. The van der Waals surface area contributed by atoms with Crippen LogP contribution in [-0.2, 0) is 14.3 Å². The van der Waals surface area contributed by atoms with Crippen LogP contribution in [0.5, 0.6) is 0 Å². The average molecular weight is 312 g/mol. The predicted molar refractivity (Wildman–Crippen MR) is 92.0 cm³/mol. The molecule has 0 aromatic rings. The summed E-state index contributed by atoms with van der Waals surface area (Å²) in [4.78, 5) is 22.7. The highest BCUT2D eigenvalue weighted by molar-refractivity contribution is 5.78. The van der Waals surface area contributed by atoms with Crippen LogP contribution >= 0.6 is 0 Å². The topological polar surface area (TPSA) is 43.4 Å². The first kappa shape index (κ1) is 21.1. The second kappa shape index (κ2) is 16.5. The number of rotatable bonds is 16. The summed E-state index contributed by atoms with van der Waals surface area (Å²) in [5.74, 6) is 0.282. The van der Waals surface area contributed by atoms with Gasteiger partial charge in [-0.25, -0.2) is 0 Å². The van der Waals surface area contributed by atoms with E-state index in [2.05, 4.69) is 11.7 Å². The number of ether oxygens (including phenoxy) is 1. The van der Waals surface area contributed by atoms with E-state index in [4.69, 9.17) is 0 Å². The summed E-state index contributed by atoms with van der Waals surface area (Å²) in [5, 5.41) is 0. The molecule has 3 heteroatoms. The van der Waals surface area contributed by atoms with Gasteiger partial charge in [0.25, 0.3) is 0 Å². The Hall–Kier alpha value is -0.860. The van der Waals surface area contributed by atoms with Gasteiger partial charge in [-0.1, -0.05) is 64.7 Å². The first-order chi connectivity index (χ1) is 10.7. The van der Waals surface area contributed by atoms with Crippen molar-refractivity contribution in [3.63, 3.8) is 0 Å². The number of ketones is 1. The summed E-state index contributed by atoms with van der Waals surface area (Å²) < 4.78 is 4.59. The van der Waals surface area contributed by atoms with Gasteiger partial charge in [0.05, 0.1) is 7.11 Å². The molecule has 0 N–H and O–H groups in total. The third kappa shape index (κ3) is 15.5. The van der Waals surface area contributed by atoms with Crippen molar-refractivity contribution in [1.82, 2.24) is 0 Å². The Morgan fingerprint density at radius 2 is 1.05 bits per heavy atom. The molecule has 130 valence electrons. The molecule has 0 bridgehead atoms. The van der Waals surface area contributed by atoms with Gasteiger partial charge in [-0.15, -0.1) is 0 Å². The lowest BCUT2D eigenvalue weighted by atomic mass is 10.0. The standard InChI is InChI=1S/C19H36O3/c1-3-4-5-6-7-8-9-12-15-18(20)16-13-10-11-14-17-19(21)22-2/h3-17H2,1-2H3. The monoisotopic (exact) mass is 312 g/mol. The second-order valence-corrected chi connectivity index (χ2v) is 6.25. The Morgan fingerprint density at radius 1 is 0.636 bits per heavy atom. The fourth-order valence-electron chi connectivity index (χ4n) is 2.63. The van der Waals surface area contributed by atoms with Gasteiger partial charge in [0, 0.05) is 19.3 Å². The van der Waals surface area contributed by atoms with E-state index in [-0.39, 0.29) is 5.97 Å². The Labute approximate surface area is 137 Å². The third-order valence-corrected chi connectivity index (χ3v) is 4.12. The Kier molecular flexibility index (Phi) is 15.9. The SMILES string of the molecule is CCCCCCCCCCC(=O)CCCCCCC(=O)OC. The molecule has 0 rings (SSSR count). The van der Waals surface area contributed by atoms with Crippen molar-refractivity contribution in [2.24, 2.45) is 0 Å². The quantitative estimate of drug-likeness (QED) is 0.275. The van der Waals surface area contributed by atoms with E-state index in [1.807, 2.05) is 0 Å². The second-order valence-electron chi connectivity index (χ2n) is 6.25. The number of hydrogen-bond acceptors (Lipinski definition) is 3. The van der Waals surface area contributed by atoms with Crippen LogP contribution in [-0.4, -0.2) is 18.9 Å². The number of unbranched alkanes of at least 4 members (excludes halogenated alkanes) is 10. The summed E-state index contributed by atoms with van der Waals surface area (Å²) in [6.07, 6.45) is 16.1. The number of esters is 1. The van der Waals surface area contributed by atoms with Crippen LogP contribution in [0.2, 0.25) is 0 Å². The maximum absolute atomic E-state index is 11.7. The summed E-state index contributed by atoms with van der Waals surface area (Å²) in [6.45, 7) is 2.24. The molecular formula is C19H36O3. The van der Waals surface area contributed by atoms with E-state index in [1.165, 1.54) is 52.1 Å². The summed E-state index contributed by atoms with van der Waals surface area (Å²) in [5.41, 5.74) is 0. The molecule has 22 heavy (non-hydrogen) atoms. The summed E-state index contributed by atoms with van der Waals surface area (Å²) in [7, 11) is 1.42. The van der Waals surface area contributed by atoms with Crippen molar-refractivity contribution in [2.75, 3.05) is 7.11 Å². The molecule has 0 amide bonds. The molecule has 0 saturated carbocycles. The van der Waals surface area contributed by atoms with E-state index in [1.54, 1.807) is 0 Å². The number of Topliss-reactive ketones (excluding diaryl/α,β-unsaturated/α-hetero) is 1. The van der Waals surface area contributed by atoms with Crippen molar-refractivity contribution in [1.29, 1.82) is 0 Å². The fourth-order valence-corrected chi connectivity index (χ4v) is 2.63. The minimum atomic E-state index is -0.134. The van der Waals surface area contributed by atoms with Gasteiger partial charge in [-0.3, -0.25) is 9.59 Å². The predicted octanol–water partition coefficient (Wildman–Crippen LogP) is 5.60. The molecule has 3 nitrogen and oxygen atoms in total. The number of carbonyl (C=O) groups excluding carboxylic acids is 2. The van der Waals surface area contributed by atoms with Crippen molar-refractivity contribution < 1.29 is 14.3 Å². The van der Waals surface area contributed by atoms with Gasteiger partial charge in [0.15, 0.2) is 0 Å². The third-order valence-electron chi connectivity index (χ3n) is 4.12. The largest absolute Gasteiger partial charge is 0.469 e. The van der Waals surface area contributed by atoms with E-state index >= 15 is 0 Å². The van der Waals surface area contributed by atoms with Crippen molar-refractivity contribution in [2.45, 2.75) is 103 Å². The highest BCUT2D eigenvalue weighted by Gasteiger charge is 2.03. The Balaban J connectivity index is 3.21. The highest BCUT2D eigenvalue weighted by atomic mass is 16.5. The van der Waals surface area contributed by atoms with Gasteiger partial charge >= 0.3 is 5.97 Å². The molecule has 0 aromatic heterocycles. The summed E-state index contributed by atoms with van der Waals surface area (Å²) in [6, 6.07) is 0. The zero-order valence-electron chi connectivity index (χ0n) is 14.8. The molecule has 0 spiro atoms. The van der Waals surface area contributed by atoms with E-state index in [0.717, 1.165) is 38.5 Å². The number of carbonyl (C=O) groups is 2. The molecule has 0 aliphatic heterocycles. The Morgan fingerprint density at radius 3 is 1.50 bits per heavy atom. The first-order valence-corrected chi connectivity index (χ1v) is 9.29. The molecule has 0 saturated heterocycles. The van der Waals surface area contributed by atoms with Crippen LogP contribution in [0.15, 0.2) is 0 Å². The van der Waals surface area contributed by atoms with Crippen molar-refractivity contribution in [3.05, 3.63) is 0 Å². The van der Waals surface area contributed by atoms with Crippen LogP contribution in [0.25, 0.3) is 0 Å². The molecule has 0 radical (unpaired) electrons. The Bertz CT molecular complexity index is 274. The van der Waals surface area contributed by atoms with Gasteiger partial charge in [0.1, 0.15) is 5.78 Å². The maximum Gasteiger partial charge on any atom is 0.305 e. The highest BCUT2D eigenvalue weighted by Crippen LogP contribution is 2.12. The number of hydrogen-bond donors (Lipinski definition) is 0.